The SMILES string of the molecule is O=C(O)c1cc(=O)[nH]c(=O)[nH]1.O=C(O)c1ccc(C(=O)O)c(C(=O)O)c1.O=C(O)c1ccc(O)cc1. The molecule has 0 amide bonds. The molecule has 36 heavy (non-hydrogen) atoms. The standard InChI is InChI=1S/C9H6O6.C7H6O3.C5H4N2O4/c10-7(11)4-1-2-5(8(12)13)6(3-4)9(14)15;8-6-3-1-5(2-4-6)7(9)10;8-3-1-2(4(9)10)6-5(11)7-3/h1-3H,(H,10,11)(H,12,13)(H,14,15);1-4,8H,(H,9,10);1H,(H,9,10)(H2,6,7,8,11). The number of rotatable bonds is 5. The topological polar surface area (TPSA) is 272 Å². The summed E-state index contributed by atoms with van der Waals surface area (Å²) in [5.41, 5.74) is -3.04. The molecule has 0 saturated heterocycles. The van der Waals surface area contributed by atoms with Gasteiger partial charge in [0.25, 0.3) is 5.56 Å². The zero-order chi connectivity index (χ0) is 27.6. The molecule has 0 fully saturated rings. The number of aromatic nitrogens is 2. The molecule has 0 aliphatic carbocycles. The number of H-pyrrole nitrogens is 2. The summed E-state index contributed by atoms with van der Waals surface area (Å²) in [5, 5.41) is 51.3. The highest BCUT2D eigenvalue weighted by Crippen LogP contribution is 2.12. The molecule has 15 heteroatoms. The first-order chi connectivity index (χ1) is 16.7. The number of carbonyl (C=O) groups is 5. The Morgan fingerprint density at radius 3 is 1.47 bits per heavy atom. The van der Waals surface area contributed by atoms with Crippen molar-refractivity contribution >= 4 is 29.8 Å². The quantitative estimate of drug-likeness (QED) is 0.237. The number of aromatic hydroxyl groups is 1. The van der Waals surface area contributed by atoms with Gasteiger partial charge in [-0.3, -0.25) is 9.78 Å². The van der Waals surface area contributed by atoms with Crippen molar-refractivity contribution in [3.63, 3.8) is 0 Å². The molecule has 15 nitrogen and oxygen atoms in total. The number of aromatic carboxylic acids is 5. The van der Waals surface area contributed by atoms with E-state index in [1.54, 1.807) is 0 Å². The van der Waals surface area contributed by atoms with Crippen LogP contribution in [0.1, 0.15) is 51.9 Å². The normalized spacial score (nSPS) is 9.44. The molecule has 3 rings (SSSR count). The van der Waals surface area contributed by atoms with Crippen molar-refractivity contribution in [3.8, 4) is 5.75 Å². The second-order valence-corrected chi connectivity index (χ2v) is 6.33. The van der Waals surface area contributed by atoms with Gasteiger partial charge in [0.05, 0.1) is 22.3 Å². The van der Waals surface area contributed by atoms with Gasteiger partial charge in [-0.05, 0) is 42.5 Å². The van der Waals surface area contributed by atoms with Gasteiger partial charge in [0, 0.05) is 6.07 Å². The maximum absolute atomic E-state index is 10.6. The van der Waals surface area contributed by atoms with E-state index in [9.17, 15) is 33.6 Å². The highest BCUT2D eigenvalue weighted by Gasteiger charge is 2.18. The fourth-order valence-corrected chi connectivity index (χ4v) is 2.23. The first kappa shape index (κ1) is 28.3. The minimum Gasteiger partial charge on any atom is -0.508 e. The number of phenolic OH excluding ortho intramolecular Hbond substituents is 1. The van der Waals surface area contributed by atoms with E-state index in [1.807, 2.05) is 9.97 Å². The largest absolute Gasteiger partial charge is 0.508 e. The Balaban J connectivity index is 0.000000277. The highest BCUT2D eigenvalue weighted by atomic mass is 16.4. The highest BCUT2D eigenvalue weighted by molar-refractivity contribution is 6.03. The first-order valence-corrected chi connectivity index (χ1v) is 9.16. The maximum Gasteiger partial charge on any atom is 0.352 e. The van der Waals surface area contributed by atoms with Crippen LogP contribution < -0.4 is 11.2 Å². The van der Waals surface area contributed by atoms with Crippen molar-refractivity contribution in [1.82, 2.24) is 9.97 Å². The molecule has 0 bridgehead atoms. The summed E-state index contributed by atoms with van der Waals surface area (Å²) in [5.74, 6) is -6.45. The van der Waals surface area contributed by atoms with Gasteiger partial charge in [-0.2, -0.15) is 0 Å². The number of benzene rings is 2. The number of carboxylic acids is 5. The molecule has 1 aromatic heterocycles. The minimum atomic E-state index is -1.48. The Bertz CT molecular complexity index is 1390. The van der Waals surface area contributed by atoms with E-state index < -0.39 is 57.9 Å². The van der Waals surface area contributed by atoms with Gasteiger partial charge in [-0.15, -0.1) is 0 Å². The lowest BCUT2D eigenvalue weighted by Crippen LogP contribution is -2.24. The van der Waals surface area contributed by atoms with Crippen molar-refractivity contribution in [2.24, 2.45) is 0 Å². The summed E-state index contributed by atoms with van der Waals surface area (Å²) in [6, 6.07) is 8.97. The third-order valence-electron chi connectivity index (χ3n) is 3.83. The molecule has 0 aliphatic rings. The van der Waals surface area contributed by atoms with Crippen LogP contribution in [0.2, 0.25) is 0 Å². The van der Waals surface area contributed by atoms with Gasteiger partial charge in [0.1, 0.15) is 11.4 Å². The number of carboxylic acid groups (broad SMARTS) is 5. The molecule has 0 saturated carbocycles. The Hall–Kier alpha value is -5.73. The molecule has 0 spiro atoms. The molecule has 2 aromatic carbocycles. The maximum atomic E-state index is 10.6. The van der Waals surface area contributed by atoms with Crippen LogP contribution >= 0.6 is 0 Å². The predicted molar refractivity (Wildman–Crippen MR) is 117 cm³/mol. The predicted octanol–water partition coefficient (Wildman–Crippen LogP) is 0.633. The molecule has 0 atom stereocenters. The Labute approximate surface area is 198 Å². The smallest absolute Gasteiger partial charge is 0.352 e. The summed E-state index contributed by atoms with van der Waals surface area (Å²) >= 11 is 0. The lowest BCUT2D eigenvalue weighted by molar-refractivity contribution is 0.0649. The van der Waals surface area contributed by atoms with Crippen molar-refractivity contribution < 1.29 is 54.6 Å². The monoisotopic (exact) mass is 504 g/mol. The molecule has 0 unspecified atom stereocenters. The van der Waals surface area contributed by atoms with E-state index in [-0.39, 0.29) is 16.9 Å². The average Bonchev–Trinajstić information content (AvgIpc) is 2.79. The van der Waals surface area contributed by atoms with Crippen LogP contribution in [0.3, 0.4) is 0 Å². The van der Waals surface area contributed by atoms with Crippen LogP contribution in [0.4, 0.5) is 0 Å². The summed E-state index contributed by atoms with van der Waals surface area (Å²) in [4.78, 5) is 76.9. The van der Waals surface area contributed by atoms with Gasteiger partial charge in [-0.25, -0.2) is 28.8 Å². The van der Waals surface area contributed by atoms with E-state index in [0.29, 0.717) is 0 Å². The minimum absolute atomic E-state index is 0.0741. The Morgan fingerprint density at radius 1 is 0.556 bits per heavy atom. The number of aromatic amines is 2. The van der Waals surface area contributed by atoms with Crippen LogP contribution in [0.5, 0.6) is 5.75 Å². The lowest BCUT2D eigenvalue weighted by Gasteiger charge is -2.02. The van der Waals surface area contributed by atoms with Crippen LogP contribution in [0.15, 0.2) is 58.1 Å². The lowest BCUT2D eigenvalue weighted by atomic mass is 10.0. The van der Waals surface area contributed by atoms with E-state index in [0.717, 1.165) is 24.3 Å². The fraction of sp³-hybridized carbons (Fsp3) is 0. The fourth-order valence-electron chi connectivity index (χ4n) is 2.23. The summed E-state index contributed by atoms with van der Waals surface area (Å²) in [6.07, 6.45) is 0. The van der Waals surface area contributed by atoms with E-state index in [2.05, 4.69) is 0 Å². The van der Waals surface area contributed by atoms with Gasteiger partial charge < -0.3 is 35.6 Å². The molecule has 8 N–H and O–H groups in total. The molecular weight excluding hydrogens is 488 g/mol. The van der Waals surface area contributed by atoms with E-state index >= 15 is 0 Å². The Morgan fingerprint density at radius 2 is 1.06 bits per heavy atom. The van der Waals surface area contributed by atoms with Crippen molar-refractivity contribution in [2.75, 3.05) is 0 Å². The van der Waals surface area contributed by atoms with Crippen LogP contribution in [0.25, 0.3) is 0 Å². The van der Waals surface area contributed by atoms with Crippen molar-refractivity contribution in [3.05, 3.63) is 97.3 Å². The first-order valence-electron chi connectivity index (χ1n) is 9.16. The molecule has 0 radical (unpaired) electrons. The van der Waals surface area contributed by atoms with E-state index in [4.69, 9.17) is 30.6 Å². The van der Waals surface area contributed by atoms with Gasteiger partial charge in [-0.1, -0.05) is 0 Å². The molecular formula is C21H16N2O13. The molecule has 1 heterocycles. The van der Waals surface area contributed by atoms with Crippen molar-refractivity contribution in [2.45, 2.75) is 0 Å². The number of phenols is 1. The zero-order valence-electron chi connectivity index (χ0n) is 17.7. The summed E-state index contributed by atoms with van der Waals surface area (Å²) in [6.45, 7) is 0. The summed E-state index contributed by atoms with van der Waals surface area (Å²) < 4.78 is 0. The molecule has 3 aromatic rings. The van der Waals surface area contributed by atoms with Gasteiger partial charge >= 0.3 is 35.5 Å². The Kier molecular flexibility index (Phi) is 9.82. The number of hydrogen-bond donors (Lipinski definition) is 8. The van der Waals surface area contributed by atoms with E-state index in [1.165, 1.54) is 24.3 Å². The summed E-state index contributed by atoms with van der Waals surface area (Å²) in [7, 11) is 0. The second-order valence-electron chi connectivity index (χ2n) is 6.33. The third kappa shape index (κ3) is 8.66. The zero-order valence-corrected chi connectivity index (χ0v) is 17.7. The van der Waals surface area contributed by atoms with Gasteiger partial charge in [0.2, 0.25) is 0 Å². The second kappa shape index (κ2) is 12.5. The van der Waals surface area contributed by atoms with Crippen LogP contribution in [0, 0.1) is 0 Å². The molecule has 188 valence electrons. The van der Waals surface area contributed by atoms with Crippen molar-refractivity contribution in [1.29, 1.82) is 0 Å². The molecule has 0 aliphatic heterocycles. The average molecular weight is 504 g/mol. The van der Waals surface area contributed by atoms with Crippen LogP contribution in [-0.4, -0.2) is 70.5 Å². The third-order valence-corrected chi connectivity index (χ3v) is 3.83. The van der Waals surface area contributed by atoms with Gasteiger partial charge in [0.15, 0.2) is 0 Å². The van der Waals surface area contributed by atoms with Crippen LogP contribution in [-0.2, 0) is 0 Å². The number of nitrogens with one attached hydrogen (secondary N) is 2. The number of hydrogen-bond acceptors (Lipinski definition) is 8.